The van der Waals surface area contributed by atoms with Gasteiger partial charge in [-0.1, -0.05) is 55.5 Å². The van der Waals surface area contributed by atoms with E-state index in [4.69, 9.17) is 9.47 Å². The second-order valence-corrected chi connectivity index (χ2v) is 6.39. The Labute approximate surface area is 155 Å². The number of hydrogen-bond donors (Lipinski definition) is 1. The lowest BCUT2D eigenvalue weighted by Crippen LogP contribution is -2.28. The SMILES string of the molecule is CC([C@H](C)OC(=O)C=Cc1ccccc1OCc1ccccc1)[C@@H](C)O. The summed E-state index contributed by atoms with van der Waals surface area (Å²) in [5.41, 5.74) is 1.88. The summed E-state index contributed by atoms with van der Waals surface area (Å²) in [6.45, 7) is 5.77. The molecule has 2 rings (SSSR count). The molecule has 1 N–H and O–H groups in total. The van der Waals surface area contributed by atoms with Crippen LogP contribution < -0.4 is 4.74 Å². The second-order valence-electron chi connectivity index (χ2n) is 6.39. The Morgan fingerprint density at radius 3 is 2.38 bits per heavy atom. The largest absolute Gasteiger partial charge is 0.488 e. The van der Waals surface area contributed by atoms with Crippen molar-refractivity contribution in [3.8, 4) is 5.75 Å². The first-order valence-corrected chi connectivity index (χ1v) is 8.80. The Hall–Kier alpha value is -2.59. The van der Waals surface area contributed by atoms with Gasteiger partial charge in [-0.3, -0.25) is 0 Å². The Kier molecular flexibility index (Phi) is 7.42. The zero-order valence-electron chi connectivity index (χ0n) is 15.5. The van der Waals surface area contributed by atoms with E-state index in [0.717, 1.165) is 11.1 Å². The van der Waals surface area contributed by atoms with Crippen molar-refractivity contribution >= 4 is 12.0 Å². The maximum absolute atomic E-state index is 12.0. The summed E-state index contributed by atoms with van der Waals surface area (Å²) in [4.78, 5) is 12.0. The lowest BCUT2D eigenvalue weighted by Gasteiger charge is -2.21. The Balaban J connectivity index is 1.98. The molecule has 2 aromatic carbocycles. The van der Waals surface area contributed by atoms with Crippen molar-refractivity contribution in [1.29, 1.82) is 0 Å². The molecule has 26 heavy (non-hydrogen) atoms. The molecular formula is C22H26O4. The molecule has 0 aromatic heterocycles. The maximum Gasteiger partial charge on any atom is 0.331 e. The molecule has 4 nitrogen and oxygen atoms in total. The third-order valence-electron chi connectivity index (χ3n) is 4.36. The zero-order chi connectivity index (χ0) is 18.9. The van der Waals surface area contributed by atoms with Gasteiger partial charge < -0.3 is 14.6 Å². The van der Waals surface area contributed by atoms with E-state index in [1.807, 2.05) is 61.5 Å². The van der Waals surface area contributed by atoms with Crippen LogP contribution in [0.2, 0.25) is 0 Å². The average Bonchev–Trinajstić information content (AvgIpc) is 2.65. The number of aliphatic hydroxyl groups excluding tert-OH is 1. The summed E-state index contributed by atoms with van der Waals surface area (Å²) in [5, 5.41) is 9.58. The van der Waals surface area contributed by atoms with Gasteiger partial charge in [0.2, 0.25) is 0 Å². The number of benzene rings is 2. The van der Waals surface area contributed by atoms with Crippen molar-refractivity contribution in [1.82, 2.24) is 0 Å². The van der Waals surface area contributed by atoms with Crippen LogP contribution in [0.5, 0.6) is 5.75 Å². The van der Waals surface area contributed by atoms with Gasteiger partial charge in [0.05, 0.1) is 6.10 Å². The minimum absolute atomic E-state index is 0.131. The Morgan fingerprint density at radius 2 is 1.69 bits per heavy atom. The van der Waals surface area contributed by atoms with Crippen molar-refractivity contribution in [3.05, 3.63) is 71.8 Å². The maximum atomic E-state index is 12.0. The van der Waals surface area contributed by atoms with Crippen LogP contribution in [0.25, 0.3) is 6.08 Å². The summed E-state index contributed by atoms with van der Waals surface area (Å²) in [7, 11) is 0. The highest BCUT2D eigenvalue weighted by atomic mass is 16.5. The van der Waals surface area contributed by atoms with E-state index < -0.39 is 12.1 Å². The quantitative estimate of drug-likeness (QED) is 0.569. The fourth-order valence-electron chi connectivity index (χ4n) is 2.36. The predicted octanol–water partition coefficient (Wildman–Crippen LogP) is 4.23. The minimum Gasteiger partial charge on any atom is -0.488 e. The average molecular weight is 354 g/mol. The summed E-state index contributed by atoms with van der Waals surface area (Å²) in [6.07, 6.45) is 2.17. The molecule has 4 heteroatoms. The molecule has 0 heterocycles. The lowest BCUT2D eigenvalue weighted by molar-refractivity contribution is -0.146. The van der Waals surface area contributed by atoms with Crippen LogP contribution >= 0.6 is 0 Å². The van der Waals surface area contributed by atoms with Crippen LogP contribution in [0.4, 0.5) is 0 Å². The van der Waals surface area contributed by atoms with Gasteiger partial charge in [0.25, 0.3) is 0 Å². The number of ether oxygens (including phenoxy) is 2. The summed E-state index contributed by atoms with van der Waals surface area (Å²) in [6, 6.07) is 17.4. The third-order valence-corrected chi connectivity index (χ3v) is 4.36. The second kappa shape index (κ2) is 9.78. The van der Waals surface area contributed by atoms with Crippen LogP contribution in [0.1, 0.15) is 31.9 Å². The molecule has 2 aromatic rings. The summed E-state index contributed by atoms with van der Waals surface area (Å²) < 4.78 is 11.2. The standard InChI is InChI=1S/C22H26O4/c1-16(17(2)23)18(3)26-22(24)14-13-20-11-7-8-12-21(20)25-15-19-9-5-4-6-10-19/h4-14,16-18,23H,15H2,1-3H3/t16?,17-,18+/m1/s1. The van der Waals surface area contributed by atoms with E-state index in [0.29, 0.717) is 12.4 Å². The van der Waals surface area contributed by atoms with Gasteiger partial charge in [-0.25, -0.2) is 4.79 Å². The number of carbonyl (C=O) groups is 1. The minimum atomic E-state index is -0.533. The van der Waals surface area contributed by atoms with Gasteiger partial charge in [0.1, 0.15) is 18.5 Å². The van der Waals surface area contributed by atoms with Gasteiger partial charge in [-0.05, 0) is 31.6 Å². The van der Waals surface area contributed by atoms with Crippen LogP contribution in [0.15, 0.2) is 60.7 Å². The molecule has 0 saturated heterocycles. The zero-order valence-corrected chi connectivity index (χ0v) is 15.5. The van der Waals surface area contributed by atoms with E-state index in [2.05, 4.69) is 0 Å². The van der Waals surface area contributed by atoms with E-state index in [1.165, 1.54) is 6.08 Å². The van der Waals surface area contributed by atoms with Gasteiger partial charge in [0.15, 0.2) is 0 Å². The van der Waals surface area contributed by atoms with E-state index in [9.17, 15) is 9.90 Å². The number of carbonyl (C=O) groups excluding carboxylic acids is 1. The van der Waals surface area contributed by atoms with E-state index in [1.54, 1.807) is 19.9 Å². The number of aliphatic hydroxyl groups is 1. The van der Waals surface area contributed by atoms with Crippen molar-refractivity contribution < 1.29 is 19.4 Å². The molecule has 0 spiro atoms. The van der Waals surface area contributed by atoms with Gasteiger partial charge in [0, 0.05) is 17.6 Å². The highest BCUT2D eigenvalue weighted by molar-refractivity contribution is 5.87. The normalized spacial score (nSPS) is 14.6. The van der Waals surface area contributed by atoms with Gasteiger partial charge in [-0.2, -0.15) is 0 Å². The number of hydrogen-bond acceptors (Lipinski definition) is 4. The molecule has 138 valence electrons. The summed E-state index contributed by atoms with van der Waals surface area (Å²) >= 11 is 0. The fourth-order valence-corrected chi connectivity index (χ4v) is 2.36. The molecule has 0 bridgehead atoms. The van der Waals surface area contributed by atoms with Crippen LogP contribution in [0, 0.1) is 5.92 Å². The molecule has 0 radical (unpaired) electrons. The molecule has 0 fully saturated rings. The molecule has 0 aliphatic rings. The lowest BCUT2D eigenvalue weighted by atomic mass is 10.0. The van der Waals surface area contributed by atoms with Crippen LogP contribution in [0.3, 0.4) is 0 Å². The van der Waals surface area contributed by atoms with Crippen molar-refractivity contribution in [2.45, 2.75) is 39.6 Å². The topological polar surface area (TPSA) is 55.8 Å². The molecule has 1 unspecified atom stereocenters. The van der Waals surface area contributed by atoms with E-state index in [-0.39, 0.29) is 12.0 Å². The first kappa shape index (κ1) is 19.7. The fraction of sp³-hybridized carbons (Fsp3) is 0.318. The highest BCUT2D eigenvalue weighted by Gasteiger charge is 2.19. The monoisotopic (exact) mass is 354 g/mol. The Bertz CT molecular complexity index is 722. The Morgan fingerprint density at radius 1 is 1.04 bits per heavy atom. The van der Waals surface area contributed by atoms with Crippen LogP contribution in [-0.4, -0.2) is 23.3 Å². The number of esters is 1. The molecular weight excluding hydrogens is 328 g/mol. The third kappa shape index (κ3) is 6.05. The van der Waals surface area contributed by atoms with Crippen molar-refractivity contribution in [3.63, 3.8) is 0 Å². The molecule has 0 amide bonds. The predicted molar refractivity (Wildman–Crippen MR) is 103 cm³/mol. The van der Waals surface area contributed by atoms with Crippen molar-refractivity contribution in [2.75, 3.05) is 0 Å². The number of para-hydroxylation sites is 1. The van der Waals surface area contributed by atoms with Crippen molar-refractivity contribution in [2.24, 2.45) is 5.92 Å². The first-order valence-electron chi connectivity index (χ1n) is 8.80. The van der Waals surface area contributed by atoms with Gasteiger partial charge >= 0.3 is 5.97 Å². The number of rotatable bonds is 8. The highest BCUT2D eigenvalue weighted by Crippen LogP contribution is 2.21. The molecule has 0 saturated carbocycles. The van der Waals surface area contributed by atoms with E-state index >= 15 is 0 Å². The van der Waals surface area contributed by atoms with Gasteiger partial charge in [-0.15, -0.1) is 0 Å². The molecule has 3 atom stereocenters. The first-order chi connectivity index (χ1) is 12.5. The van der Waals surface area contributed by atoms with Crippen LogP contribution in [-0.2, 0) is 16.1 Å². The molecule has 0 aliphatic carbocycles. The molecule has 0 aliphatic heterocycles. The smallest absolute Gasteiger partial charge is 0.331 e. The summed E-state index contributed by atoms with van der Waals surface area (Å²) in [5.74, 6) is 0.127.